The summed E-state index contributed by atoms with van der Waals surface area (Å²) in [5, 5.41) is 0. The molecule has 0 spiro atoms. The summed E-state index contributed by atoms with van der Waals surface area (Å²) < 4.78 is 1.30. The molecule has 0 aromatic rings. The summed E-state index contributed by atoms with van der Waals surface area (Å²) in [5.41, 5.74) is 1.56. The normalized spacial score (nSPS) is 18.8. The summed E-state index contributed by atoms with van der Waals surface area (Å²) in [6.45, 7) is 4.49. The first-order chi connectivity index (χ1) is 4.72. The maximum atomic E-state index is 3.55. The molecule has 0 N–H and O–H groups in total. The predicted molar refractivity (Wildman–Crippen MR) is 49.2 cm³/mol. The number of hydrogen-bond donors (Lipinski definition) is 0. The Morgan fingerprint density at radius 1 is 1.50 bits per heavy atom. The van der Waals surface area contributed by atoms with Crippen LogP contribution in [0.3, 0.4) is 0 Å². The number of hydrogen-bond acceptors (Lipinski definition) is 0. The Kier molecular flexibility index (Phi) is 2.72. The van der Waals surface area contributed by atoms with Crippen molar-refractivity contribution in [2.24, 2.45) is 5.92 Å². The lowest BCUT2D eigenvalue weighted by Crippen LogP contribution is -1.98. The van der Waals surface area contributed by atoms with E-state index < -0.39 is 0 Å². The third kappa shape index (κ3) is 1.72. The lowest BCUT2D eigenvalue weighted by atomic mass is 9.95. The lowest BCUT2D eigenvalue weighted by Gasteiger charge is -2.14. The zero-order valence-corrected chi connectivity index (χ0v) is 8.11. The van der Waals surface area contributed by atoms with Crippen LogP contribution in [0.2, 0.25) is 0 Å². The van der Waals surface area contributed by atoms with Gasteiger partial charge in [-0.05, 0) is 18.8 Å². The van der Waals surface area contributed by atoms with Crippen molar-refractivity contribution in [3.05, 3.63) is 22.2 Å². The van der Waals surface area contributed by atoms with Crippen molar-refractivity contribution < 1.29 is 0 Å². The van der Waals surface area contributed by atoms with Gasteiger partial charge in [-0.2, -0.15) is 0 Å². The van der Waals surface area contributed by atoms with Crippen LogP contribution < -0.4 is 0 Å². The van der Waals surface area contributed by atoms with Crippen molar-refractivity contribution in [3.63, 3.8) is 0 Å². The molecule has 0 atom stereocenters. The number of allylic oxidation sites excluding steroid dienone is 4. The van der Waals surface area contributed by atoms with E-state index in [2.05, 4.69) is 41.9 Å². The van der Waals surface area contributed by atoms with Gasteiger partial charge in [-0.15, -0.1) is 0 Å². The van der Waals surface area contributed by atoms with Gasteiger partial charge in [0.05, 0.1) is 0 Å². The van der Waals surface area contributed by atoms with Gasteiger partial charge in [0.1, 0.15) is 0 Å². The molecule has 0 heterocycles. The van der Waals surface area contributed by atoms with E-state index in [4.69, 9.17) is 0 Å². The average molecular weight is 201 g/mol. The Morgan fingerprint density at radius 3 is 2.60 bits per heavy atom. The highest BCUT2D eigenvalue weighted by molar-refractivity contribution is 9.11. The third-order valence-electron chi connectivity index (χ3n) is 1.85. The predicted octanol–water partition coefficient (Wildman–Crippen LogP) is 3.64. The quantitative estimate of drug-likeness (QED) is 0.607. The van der Waals surface area contributed by atoms with Crippen LogP contribution >= 0.6 is 15.9 Å². The summed E-state index contributed by atoms with van der Waals surface area (Å²) in [7, 11) is 0. The highest BCUT2D eigenvalue weighted by atomic mass is 79.9. The monoisotopic (exact) mass is 200 g/mol. The van der Waals surface area contributed by atoms with Crippen molar-refractivity contribution >= 4 is 15.9 Å². The molecule has 0 radical (unpaired) electrons. The molecule has 0 nitrogen and oxygen atoms in total. The second kappa shape index (κ2) is 3.38. The molecule has 0 fully saturated rings. The van der Waals surface area contributed by atoms with Gasteiger partial charge < -0.3 is 0 Å². The van der Waals surface area contributed by atoms with E-state index in [1.807, 2.05) is 0 Å². The maximum Gasteiger partial charge on any atom is 0.0166 e. The highest BCUT2D eigenvalue weighted by Crippen LogP contribution is 2.28. The van der Waals surface area contributed by atoms with Crippen molar-refractivity contribution in [2.75, 3.05) is 0 Å². The smallest absolute Gasteiger partial charge is 0.0166 e. The zero-order chi connectivity index (χ0) is 7.56. The Balaban J connectivity index is 2.79. The molecule has 0 bridgehead atoms. The molecule has 0 amide bonds. The first-order valence-corrected chi connectivity index (χ1v) is 4.56. The maximum absolute atomic E-state index is 3.55. The van der Waals surface area contributed by atoms with Gasteiger partial charge in [-0.3, -0.25) is 0 Å². The van der Waals surface area contributed by atoms with Crippen molar-refractivity contribution in [2.45, 2.75) is 26.7 Å². The molecule has 1 aliphatic carbocycles. The highest BCUT2D eigenvalue weighted by Gasteiger charge is 2.08. The van der Waals surface area contributed by atoms with Crippen LogP contribution in [0.25, 0.3) is 0 Å². The van der Waals surface area contributed by atoms with Crippen LogP contribution in [-0.2, 0) is 0 Å². The molecular formula is C9H13Br. The lowest BCUT2D eigenvalue weighted by molar-refractivity contribution is 0.708. The van der Waals surface area contributed by atoms with E-state index in [0.717, 1.165) is 0 Å². The van der Waals surface area contributed by atoms with E-state index >= 15 is 0 Å². The van der Waals surface area contributed by atoms with Gasteiger partial charge in [0, 0.05) is 4.48 Å². The molecule has 0 unspecified atom stereocenters. The fourth-order valence-corrected chi connectivity index (χ4v) is 2.06. The minimum absolute atomic E-state index is 0.694. The van der Waals surface area contributed by atoms with Gasteiger partial charge in [0.25, 0.3) is 0 Å². The van der Waals surface area contributed by atoms with Gasteiger partial charge >= 0.3 is 0 Å². The summed E-state index contributed by atoms with van der Waals surface area (Å²) in [6, 6.07) is 0. The fourth-order valence-electron chi connectivity index (χ4n) is 1.22. The molecule has 56 valence electrons. The molecule has 0 aromatic carbocycles. The Labute approximate surface area is 71.1 Å². The van der Waals surface area contributed by atoms with Gasteiger partial charge in [-0.1, -0.05) is 47.5 Å². The first-order valence-electron chi connectivity index (χ1n) is 3.77. The molecule has 1 rings (SSSR count). The topological polar surface area (TPSA) is 0 Å². The minimum Gasteiger partial charge on any atom is -0.0831 e. The van der Waals surface area contributed by atoms with E-state index in [1.54, 1.807) is 5.57 Å². The third-order valence-corrected chi connectivity index (χ3v) is 2.62. The average Bonchev–Trinajstić information content (AvgIpc) is 1.88. The van der Waals surface area contributed by atoms with Crippen LogP contribution in [0, 0.1) is 5.92 Å². The molecule has 10 heavy (non-hydrogen) atoms. The van der Waals surface area contributed by atoms with Crippen LogP contribution in [0.15, 0.2) is 22.2 Å². The summed E-state index contributed by atoms with van der Waals surface area (Å²) in [6.07, 6.45) is 6.83. The van der Waals surface area contributed by atoms with E-state index in [0.29, 0.717) is 5.92 Å². The van der Waals surface area contributed by atoms with Crippen molar-refractivity contribution in [3.8, 4) is 0 Å². The molecule has 0 saturated carbocycles. The van der Waals surface area contributed by atoms with Crippen LogP contribution in [0.4, 0.5) is 0 Å². The zero-order valence-electron chi connectivity index (χ0n) is 6.52. The summed E-state index contributed by atoms with van der Waals surface area (Å²) >= 11 is 3.55. The Bertz CT molecular complexity index is 175. The second-order valence-corrected chi connectivity index (χ2v) is 3.82. The van der Waals surface area contributed by atoms with E-state index in [-0.39, 0.29) is 0 Å². The van der Waals surface area contributed by atoms with Gasteiger partial charge in [0.2, 0.25) is 0 Å². The molecule has 1 heteroatoms. The standard InChI is InChI=1S/C9H13Br/c1-7(2)8-5-3-4-6-9(8)10/h4,6-7H,3,5H2,1-2H3. The van der Waals surface area contributed by atoms with Crippen molar-refractivity contribution in [1.29, 1.82) is 0 Å². The van der Waals surface area contributed by atoms with Crippen LogP contribution in [-0.4, -0.2) is 0 Å². The van der Waals surface area contributed by atoms with Crippen LogP contribution in [0.1, 0.15) is 26.7 Å². The molecule has 0 saturated heterocycles. The van der Waals surface area contributed by atoms with Crippen LogP contribution in [0.5, 0.6) is 0 Å². The molecule has 0 aliphatic heterocycles. The van der Waals surface area contributed by atoms with E-state index in [9.17, 15) is 0 Å². The number of rotatable bonds is 1. The molecule has 0 aromatic heterocycles. The molecular weight excluding hydrogens is 188 g/mol. The van der Waals surface area contributed by atoms with Gasteiger partial charge in [0.15, 0.2) is 0 Å². The summed E-state index contributed by atoms with van der Waals surface area (Å²) in [5.74, 6) is 0.694. The first kappa shape index (κ1) is 8.06. The Hall–Kier alpha value is -0.0400. The summed E-state index contributed by atoms with van der Waals surface area (Å²) in [4.78, 5) is 0. The SMILES string of the molecule is CC(C)C1=C(Br)C=CCC1. The Morgan fingerprint density at radius 2 is 2.20 bits per heavy atom. The van der Waals surface area contributed by atoms with E-state index in [1.165, 1.54) is 17.3 Å². The minimum atomic E-state index is 0.694. The molecule has 1 aliphatic rings. The fraction of sp³-hybridized carbons (Fsp3) is 0.556. The van der Waals surface area contributed by atoms with Crippen molar-refractivity contribution in [1.82, 2.24) is 0 Å². The second-order valence-electron chi connectivity index (χ2n) is 2.97. The number of halogens is 1. The van der Waals surface area contributed by atoms with Gasteiger partial charge in [-0.25, -0.2) is 0 Å². The largest absolute Gasteiger partial charge is 0.0831 e.